The van der Waals surface area contributed by atoms with E-state index in [0.29, 0.717) is 27.7 Å². The van der Waals surface area contributed by atoms with E-state index in [1.807, 2.05) is 0 Å². The van der Waals surface area contributed by atoms with Crippen molar-refractivity contribution in [2.24, 2.45) is 5.73 Å². The van der Waals surface area contributed by atoms with E-state index in [9.17, 15) is 9.90 Å². The minimum atomic E-state index is -0.651. The van der Waals surface area contributed by atoms with Crippen LogP contribution in [0.1, 0.15) is 14.5 Å². The van der Waals surface area contributed by atoms with Gasteiger partial charge in [0.15, 0.2) is 11.8 Å². The van der Waals surface area contributed by atoms with Gasteiger partial charge in [-0.2, -0.15) is 9.97 Å². The van der Waals surface area contributed by atoms with Gasteiger partial charge in [-0.3, -0.25) is 4.79 Å². The molecule has 0 aromatic carbocycles. The second-order valence-corrected chi connectivity index (χ2v) is 8.50. The topological polar surface area (TPSA) is 142 Å². The number of aliphatic hydroxyl groups is 1. The van der Waals surface area contributed by atoms with E-state index in [1.54, 1.807) is 18.2 Å². The number of carbonyl (C=O) groups is 1. The van der Waals surface area contributed by atoms with E-state index in [4.69, 9.17) is 36.3 Å². The number of nitrogens with two attached hydrogens (primary N) is 1. The number of nitrogens with one attached hydrogen (secondary N) is 1. The fourth-order valence-corrected chi connectivity index (χ4v) is 4.43. The number of amides is 1. The molecule has 12 heteroatoms. The highest BCUT2D eigenvalue weighted by Crippen LogP contribution is 2.31. The van der Waals surface area contributed by atoms with Crippen LogP contribution in [0.2, 0.25) is 5.02 Å². The van der Waals surface area contributed by atoms with Crippen molar-refractivity contribution in [3.8, 4) is 11.9 Å². The first kappa shape index (κ1) is 19.5. The van der Waals surface area contributed by atoms with E-state index in [-0.39, 0.29) is 37.3 Å². The molecule has 5 heterocycles. The summed E-state index contributed by atoms with van der Waals surface area (Å²) in [6, 6.07) is 5.29. The van der Waals surface area contributed by atoms with Crippen LogP contribution < -0.4 is 15.2 Å². The summed E-state index contributed by atoms with van der Waals surface area (Å²) in [6.45, 7) is 0.699. The molecule has 0 spiro atoms. The van der Waals surface area contributed by atoms with E-state index in [1.165, 1.54) is 11.3 Å². The van der Waals surface area contributed by atoms with Gasteiger partial charge < -0.3 is 34.8 Å². The van der Waals surface area contributed by atoms with Crippen molar-refractivity contribution in [3.63, 3.8) is 0 Å². The zero-order valence-corrected chi connectivity index (χ0v) is 17.0. The lowest BCUT2D eigenvalue weighted by atomic mass is 10.1. The first-order valence-corrected chi connectivity index (χ1v) is 10.3. The summed E-state index contributed by atoms with van der Waals surface area (Å²) < 4.78 is 22.7. The summed E-state index contributed by atoms with van der Waals surface area (Å²) in [5.74, 6) is -0.271. The maximum Gasteiger partial charge on any atom is 0.296 e. The summed E-state index contributed by atoms with van der Waals surface area (Å²) in [5, 5.41) is 10.1. The number of rotatable bonds is 6. The van der Waals surface area contributed by atoms with Crippen molar-refractivity contribution in [1.82, 2.24) is 15.0 Å². The van der Waals surface area contributed by atoms with Crippen molar-refractivity contribution in [2.75, 3.05) is 13.2 Å². The fraction of sp³-hybridized carbons (Fsp3) is 0.389. The number of halogens is 1. The fourth-order valence-electron chi connectivity index (χ4n) is 3.45. The number of aromatic amines is 1. The SMILES string of the molecule is NC(=O)c1ccc(COc2nc3nc(O[C@@H]4CO[C@H]5C4OC[C@H]5O)[nH]c3cc2Cl)s1. The number of aliphatic hydroxyl groups excluding tert-OH is 1. The van der Waals surface area contributed by atoms with Crippen LogP contribution in [0, 0.1) is 0 Å². The van der Waals surface area contributed by atoms with Crippen LogP contribution in [-0.4, -0.2) is 63.6 Å². The normalized spacial score (nSPS) is 25.5. The van der Waals surface area contributed by atoms with Crippen molar-refractivity contribution in [3.05, 3.63) is 33.0 Å². The molecule has 10 nitrogen and oxygen atoms in total. The van der Waals surface area contributed by atoms with Gasteiger partial charge in [-0.25, -0.2) is 0 Å². The van der Waals surface area contributed by atoms with Gasteiger partial charge in [-0.15, -0.1) is 11.3 Å². The number of ether oxygens (including phenoxy) is 4. The number of pyridine rings is 1. The Morgan fingerprint density at radius 2 is 2.17 bits per heavy atom. The van der Waals surface area contributed by atoms with Gasteiger partial charge in [0, 0.05) is 4.88 Å². The first-order chi connectivity index (χ1) is 14.5. The van der Waals surface area contributed by atoms with Crippen molar-refractivity contribution >= 4 is 40.0 Å². The third-order valence-electron chi connectivity index (χ3n) is 4.87. The van der Waals surface area contributed by atoms with E-state index in [2.05, 4.69) is 15.0 Å². The Labute approximate surface area is 178 Å². The molecule has 30 heavy (non-hydrogen) atoms. The molecule has 2 aliphatic rings. The van der Waals surface area contributed by atoms with Crippen LogP contribution in [0.25, 0.3) is 11.2 Å². The van der Waals surface area contributed by atoms with Gasteiger partial charge in [0.1, 0.15) is 29.9 Å². The van der Waals surface area contributed by atoms with Crippen molar-refractivity contribution in [1.29, 1.82) is 0 Å². The van der Waals surface area contributed by atoms with E-state index >= 15 is 0 Å². The summed E-state index contributed by atoms with van der Waals surface area (Å²) in [4.78, 5) is 24.1. The molecule has 158 valence electrons. The molecular formula is C18H17ClN4O6S. The highest BCUT2D eigenvalue weighted by molar-refractivity contribution is 7.14. The van der Waals surface area contributed by atoms with Gasteiger partial charge in [0.25, 0.3) is 11.9 Å². The predicted molar refractivity (Wildman–Crippen MR) is 106 cm³/mol. The van der Waals surface area contributed by atoms with Crippen molar-refractivity contribution in [2.45, 2.75) is 31.0 Å². The molecule has 2 saturated heterocycles. The number of primary amides is 1. The van der Waals surface area contributed by atoms with Crippen molar-refractivity contribution < 1.29 is 28.8 Å². The first-order valence-electron chi connectivity index (χ1n) is 9.13. The Kier molecular flexibility index (Phi) is 4.99. The standard InChI is InChI=1S/C18H17ClN4O6S/c19-8-3-9-16(22-17(8)28-4-7-1-2-12(30-7)15(20)25)23-18(21-9)29-11-6-27-13-10(24)5-26-14(11)13/h1-3,10-11,13-14,24H,4-6H2,(H2,20,25)(H,21,22,23)/t10-,11-,13-,14?/m1/s1. The minimum Gasteiger partial charge on any atom is -0.471 e. The van der Waals surface area contributed by atoms with Crippen LogP contribution in [-0.2, 0) is 16.1 Å². The van der Waals surface area contributed by atoms with Gasteiger partial charge >= 0.3 is 0 Å². The summed E-state index contributed by atoms with van der Waals surface area (Å²) in [7, 11) is 0. The number of aromatic nitrogens is 3. The number of carbonyl (C=O) groups excluding carboxylic acids is 1. The monoisotopic (exact) mass is 452 g/mol. The molecule has 0 saturated carbocycles. The van der Waals surface area contributed by atoms with E-state index < -0.39 is 18.1 Å². The number of hydrogen-bond acceptors (Lipinski definition) is 9. The molecule has 2 aliphatic heterocycles. The maximum absolute atomic E-state index is 11.2. The molecule has 3 aromatic rings. The number of H-pyrrole nitrogens is 1. The lowest BCUT2D eigenvalue weighted by Crippen LogP contribution is -2.34. The lowest BCUT2D eigenvalue weighted by molar-refractivity contribution is 0.00706. The highest BCUT2D eigenvalue weighted by Gasteiger charge is 2.48. The number of fused-ring (bicyclic) bond motifs is 2. The summed E-state index contributed by atoms with van der Waals surface area (Å²) >= 11 is 7.52. The zero-order valence-electron chi connectivity index (χ0n) is 15.4. The van der Waals surface area contributed by atoms with Gasteiger partial charge in [-0.05, 0) is 18.2 Å². The Morgan fingerprint density at radius 3 is 2.97 bits per heavy atom. The third-order valence-corrected chi connectivity index (χ3v) is 6.22. The van der Waals surface area contributed by atoms with Crippen LogP contribution >= 0.6 is 22.9 Å². The number of thiophene rings is 1. The van der Waals surface area contributed by atoms with Crippen LogP contribution in [0.3, 0.4) is 0 Å². The molecule has 5 rings (SSSR count). The van der Waals surface area contributed by atoms with Gasteiger partial charge in [-0.1, -0.05) is 11.6 Å². The number of imidazole rings is 1. The van der Waals surface area contributed by atoms with E-state index in [0.717, 1.165) is 4.88 Å². The average Bonchev–Trinajstić information content (AvgIpc) is 3.47. The molecule has 4 atom stereocenters. The Hall–Kier alpha value is -2.44. The molecule has 3 aromatic heterocycles. The molecule has 1 amide bonds. The van der Waals surface area contributed by atoms with Gasteiger partial charge in [0.2, 0.25) is 5.88 Å². The molecule has 0 bridgehead atoms. The van der Waals surface area contributed by atoms with Crippen LogP contribution in [0.4, 0.5) is 0 Å². The quantitative estimate of drug-likeness (QED) is 0.507. The number of nitrogens with zero attached hydrogens (tertiary/aromatic N) is 2. The Morgan fingerprint density at radius 1 is 1.33 bits per heavy atom. The minimum absolute atomic E-state index is 0.187. The summed E-state index contributed by atoms with van der Waals surface area (Å²) in [5.41, 5.74) is 6.21. The molecule has 0 radical (unpaired) electrons. The molecule has 1 unspecified atom stereocenters. The molecular weight excluding hydrogens is 436 g/mol. The lowest BCUT2D eigenvalue weighted by Gasteiger charge is -2.15. The molecule has 4 N–H and O–H groups in total. The zero-order chi connectivity index (χ0) is 20.8. The molecule has 0 aliphatic carbocycles. The second kappa shape index (κ2) is 7.67. The van der Waals surface area contributed by atoms with Gasteiger partial charge in [0.05, 0.1) is 23.6 Å². The Bertz CT molecular complexity index is 1100. The number of hydrogen-bond donors (Lipinski definition) is 3. The Balaban J connectivity index is 1.30. The smallest absolute Gasteiger partial charge is 0.296 e. The second-order valence-electron chi connectivity index (χ2n) is 6.93. The van der Waals surface area contributed by atoms with Crippen LogP contribution in [0.15, 0.2) is 18.2 Å². The average molecular weight is 453 g/mol. The predicted octanol–water partition coefficient (Wildman–Crippen LogP) is 1.26. The largest absolute Gasteiger partial charge is 0.471 e. The maximum atomic E-state index is 11.2. The third kappa shape index (κ3) is 3.59. The molecule has 2 fully saturated rings. The highest BCUT2D eigenvalue weighted by atomic mass is 35.5. The van der Waals surface area contributed by atoms with Crippen LogP contribution in [0.5, 0.6) is 11.9 Å². The summed E-state index contributed by atoms with van der Waals surface area (Å²) in [6.07, 6.45) is -1.78.